The zero-order chi connectivity index (χ0) is 13.7. The van der Waals surface area contributed by atoms with Crippen LogP contribution in [0.3, 0.4) is 0 Å². The third kappa shape index (κ3) is 3.67. The lowest BCUT2D eigenvalue weighted by atomic mass is 10.1. The molecule has 1 aliphatic heterocycles. The van der Waals surface area contributed by atoms with Gasteiger partial charge in [0.1, 0.15) is 5.82 Å². The van der Waals surface area contributed by atoms with Gasteiger partial charge in [0.25, 0.3) is 5.91 Å². The molecule has 104 valence electrons. The molecule has 1 fully saturated rings. The number of rotatable bonds is 5. The average molecular weight is 265 g/mol. The molecule has 0 bridgehead atoms. The number of anilines is 1. The van der Waals surface area contributed by atoms with Crippen molar-refractivity contribution in [1.82, 2.24) is 10.2 Å². The van der Waals surface area contributed by atoms with Gasteiger partial charge in [0.05, 0.1) is 11.3 Å². The standard InChI is InChI=1S/C14H20FN3O/c15-12-6-3-5-11(13(12)16)14(19)17-7-4-10-18-8-1-2-9-18/h3,5-6H,1-2,4,7-10,16H2,(H,17,19). The van der Waals surface area contributed by atoms with Crippen LogP contribution in [0, 0.1) is 5.82 Å². The van der Waals surface area contributed by atoms with Gasteiger partial charge in [0.2, 0.25) is 0 Å². The van der Waals surface area contributed by atoms with E-state index < -0.39 is 5.82 Å². The maximum atomic E-state index is 13.2. The predicted molar refractivity (Wildman–Crippen MR) is 73.4 cm³/mol. The summed E-state index contributed by atoms with van der Waals surface area (Å²) in [5.41, 5.74) is 5.67. The third-order valence-corrected chi connectivity index (χ3v) is 3.43. The maximum Gasteiger partial charge on any atom is 0.253 e. The summed E-state index contributed by atoms with van der Waals surface area (Å²) in [6, 6.07) is 4.28. The van der Waals surface area contributed by atoms with Crippen molar-refractivity contribution in [2.75, 3.05) is 31.9 Å². The monoisotopic (exact) mass is 265 g/mol. The minimum atomic E-state index is -0.551. The predicted octanol–water partition coefficient (Wildman–Crippen LogP) is 1.62. The Bertz CT molecular complexity index is 444. The largest absolute Gasteiger partial charge is 0.396 e. The molecule has 0 radical (unpaired) electrons. The molecule has 3 N–H and O–H groups in total. The average Bonchev–Trinajstić information content (AvgIpc) is 2.91. The Morgan fingerprint density at radius 1 is 1.37 bits per heavy atom. The van der Waals surface area contributed by atoms with Crippen LogP contribution >= 0.6 is 0 Å². The topological polar surface area (TPSA) is 58.4 Å². The fourth-order valence-electron chi connectivity index (χ4n) is 2.34. The Morgan fingerprint density at radius 3 is 2.84 bits per heavy atom. The molecule has 0 spiro atoms. The molecular formula is C14H20FN3O. The number of likely N-dealkylation sites (tertiary alicyclic amines) is 1. The number of nitrogens with zero attached hydrogens (tertiary/aromatic N) is 1. The van der Waals surface area contributed by atoms with Gasteiger partial charge < -0.3 is 16.0 Å². The number of amides is 1. The number of hydrogen-bond donors (Lipinski definition) is 2. The number of carbonyl (C=O) groups excluding carboxylic acids is 1. The molecule has 1 aromatic rings. The van der Waals surface area contributed by atoms with Crippen molar-refractivity contribution in [3.8, 4) is 0 Å². The van der Waals surface area contributed by atoms with E-state index in [1.807, 2.05) is 0 Å². The van der Waals surface area contributed by atoms with Gasteiger partial charge in [-0.15, -0.1) is 0 Å². The van der Waals surface area contributed by atoms with Crippen LogP contribution in [0.5, 0.6) is 0 Å². The number of benzene rings is 1. The van der Waals surface area contributed by atoms with E-state index in [-0.39, 0.29) is 17.2 Å². The van der Waals surface area contributed by atoms with Gasteiger partial charge in [-0.2, -0.15) is 0 Å². The van der Waals surface area contributed by atoms with E-state index in [0.717, 1.165) is 26.1 Å². The lowest BCUT2D eigenvalue weighted by Gasteiger charge is -2.14. The van der Waals surface area contributed by atoms with Crippen LogP contribution in [0.25, 0.3) is 0 Å². The molecule has 0 aliphatic carbocycles. The van der Waals surface area contributed by atoms with E-state index in [9.17, 15) is 9.18 Å². The van der Waals surface area contributed by atoms with E-state index in [1.54, 1.807) is 0 Å². The van der Waals surface area contributed by atoms with Crippen LogP contribution in [-0.4, -0.2) is 37.0 Å². The van der Waals surface area contributed by atoms with Crippen molar-refractivity contribution in [2.45, 2.75) is 19.3 Å². The van der Waals surface area contributed by atoms with Crippen LogP contribution in [0.2, 0.25) is 0 Å². The molecule has 4 nitrogen and oxygen atoms in total. The van der Waals surface area contributed by atoms with Crippen LogP contribution in [0.15, 0.2) is 18.2 Å². The summed E-state index contributed by atoms with van der Waals surface area (Å²) in [5.74, 6) is -0.858. The molecular weight excluding hydrogens is 245 g/mol. The highest BCUT2D eigenvalue weighted by atomic mass is 19.1. The van der Waals surface area contributed by atoms with Crippen molar-refractivity contribution in [2.24, 2.45) is 0 Å². The first-order chi connectivity index (χ1) is 9.18. The zero-order valence-electron chi connectivity index (χ0n) is 11.0. The molecule has 1 heterocycles. The van der Waals surface area contributed by atoms with Crippen molar-refractivity contribution >= 4 is 11.6 Å². The molecule has 19 heavy (non-hydrogen) atoms. The summed E-state index contributed by atoms with van der Waals surface area (Å²) >= 11 is 0. The van der Waals surface area contributed by atoms with E-state index >= 15 is 0 Å². The molecule has 0 saturated carbocycles. The van der Waals surface area contributed by atoms with Crippen molar-refractivity contribution in [3.05, 3.63) is 29.6 Å². The summed E-state index contributed by atoms with van der Waals surface area (Å²) in [5, 5.41) is 2.78. The number of halogens is 1. The smallest absolute Gasteiger partial charge is 0.253 e. The quantitative estimate of drug-likeness (QED) is 0.628. The Kier molecular flexibility index (Phi) is 4.74. The maximum absolute atomic E-state index is 13.2. The van der Waals surface area contributed by atoms with Crippen LogP contribution in [0.4, 0.5) is 10.1 Å². The van der Waals surface area contributed by atoms with Gasteiger partial charge in [-0.05, 0) is 51.0 Å². The number of nitrogens with two attached hydrogens (primary N) is 1. The van der Waals surface area contributed by atoms with Gasteiger partial charge in [-0.25, -0.2) is 4.39 Å². The van der Waals surface area contributed by atoms with E-state index in [2.05, 4.69) is 10.2 Å². The first kappa shape index (κ1) is 13.8. The second-order valence-corrected chi connectivity index (χ2v) is 4.86. The van der Waals surface area contributed by atoms with E-state index in [4.69, 9.17) is 5.73 Å². The van der Waals surface area contributed by atoms with Gasteiger partial charge in [-0.1, -0.05) is 6.07 Å². The van der Waals surface area contributed by atoms with E-state index in [0.29, 0.717) is 6.54 Å². The van der Waals surface area contributed by atoms with Gasteiger partial charge in [0, 0.05) is 6.54 Å². The van der Waals surface area contributed by atoms with Crippen molar-refractivity contribution in [1.29, 1.82) is 0 Å². The normalized spacial score (nSPS) is 15.6. The lowest BCUT2D eigenvalue weighted by molar-refractivity contribution is 0.0952. The molecule has 0 atom stereocenters. The van der Waals surface area contributed by atoms with E-state index in [1.165, 1.54) is 31.0 Å². The summed E-state index contributed by atoms with van der Waals surface area (Å²) < 4.78 is 13.2. The number of nitrogen functional groups attached to an aromatic ring is 1. The molecule has 1 aromatic carbocycles. The zero-order valence-corrected chi connectivity index (χ0v) is 11.0. The molecule has 1 saturated heterocycles. The highest BCUT2D eigenvalue weighted by Crippen LogP contribution is 2.15. The van der Waals surface area contributed by atoms with Gasteiger partial charge in [-0.3, -0.25) is 4.79 Å². The second kappa shape index (κ2) is 6.52. The van der Waals surface area contributed by atoms with Crippen LogP contribution in [-0.2, 0) is 0 Å². The second-order valence-electron chi connectivity index (χ2n) is 4.86. The lowest BCUT2D eigenvalue weighted by Crippen LogP contribution is -2.29. The minimum absolute atomic E-state index is 0.0838. The summed E-state index contributed by atoms with van der Waals surface area (Å²) in [6.45, 7) is 3.90. The van der Waals surface area contributed by atoms with Gasteiger partial charge >= 0.3 is 0 Å². The van der Waals surface area contributed by atoms with Gasteiger partial charge in [0.15, 0.2) is 0 Å². The third-order valence-electron chi connectivity index (χ3n) is 3.43. The Balaban J connectivity index is 1.76. The number of para-hydroxylation sites is 1. The summed E-state index contributed by atoms with van der Waals surface area (Å²) in [4.78, 5) is 14.2. The van der Waals surface area contributed by atoms with Crippen molar-refractivity contribution < 1.29 is 9.18 Å². The summed E-state index contributed by atoms with van der Waals surface area (Å²) in [7, 11) is 0. The number of nitrogens with one attached hydrogen (secondary N) is 1. The Morgan fingerprint density at radius 2 is 2.11 bits per heavy atom. The highest BCUT2D eigenvalue weighted by molar-refractivity contribution is 5.99. The fourth-order valence-corrected chi connectivity index (χ4v) is 2.34. The molecule has 5 heteroatoms. The summed E-state index contributed by atoms with van der Waals surface area (Å²) in [6.07, 6.45) is 3.44. The molecule has 1 amide bonds. The Labute approximate surface area is 112 Å². The molecule has 2 rings (SSSR count). The first-order valence-corrected chi connectivity index (χ1v) is 6.73. The number of carbonyl (C=O) groups is 1. The van der Waals surface area contributed by atoms with Crippen LogP contribution in [0.1, 0.15) is 29.6 Å². The van der Waals surface area contributed by atoms with Crippen molar-refractivity contribution in [3.63, 3.8) is 0 Å². The molecule has 0 unspecified atom stereocenters. The molecule has 1 aliphatic rings. The SMILES string of the molecule is Nc1c(F)cccc1C(=O)NCCCN1CCCC1. The first-order valence-electron chi connectivity index (χ1n) is 6.73. The molecule has 0 aromatic heterocycles. The van der Waals surface area contributed by atoms with Crippen LogP contribution < -0.4 is 11.1 Å². The fraction of sp³-hybridized carbons (Fsp3) is 0.500. The minimum Gasteiger partial charge on any atom is -0.396 e. The Hall–Kier alpha value is -1.62. The highest BCUT2D eigenvalue weighted by Gasteiger charge is 2.13. The number of hydrogen-bond acceptors (Lipinski definition) is 3.